The molecule has 126 valence electrons. The van der Waals surface area contributed by atoms with Gasteiger partial charge < -0.3 is 10.6 Å². The van der Waals surface area contributed by atoms with Crippen LogP contribution in [0, 0.1) is 5.41 Å². The Bertz CT molecular complexity index is 318. The highest BCUT2D eigenvalue weighted by molar-refractivity contribution is 5.86. The number of rotatable bonds is 5. The normalized spacial score (nSPS) is 19.8. The molecule has 21 heavy (non-hydrogen) atoms. The highest BCUT2D eigenvalue weighted by Gasteiger charge is 2.33. The lowest BCUT2D eigenvalue weighted by molar-refractivity contribution is -0.138. The van der Waals surface area contributed by atoms with Crippen molar-refractivity contribution < 1.29 is 4.79 Å². The molecule has 1 saturated heterocycles. The molecule has 0 spiro atoms. The quantitative estimate of drug-likeness (QED) is 0.847. The summed E-state index contributed by atoms with van der Waals surface area (Å²) in [4.78, 5) is 16.8. The van der Waals surface area contributed by atoms with Gasteiger partial charge in [-0.2, -0.15) is 0 Å². The van der Waals surface area contributed by atoms with Crippen molar-refractivity contribution in [3.05, 3.63) is 0 Å². The fourth-order valence-corrected chi connectivity index (χ4v) is 2.66. The van der Waals surface area contributed by atoms with Crippen LogP contribution in [0.2, 0.25) is 0 Å². The van der Waals surface area contributed by atoms with Crippen LogP contribution in [0.4, 0.5) is 0 Å². The Labute approximate surface area is 136 Å². The lowest BCUT2D eigenvalue weighted by Crippen LogP contribution is -2.58. The van der Waals surface area contributed by atoms with Crippen LogP contribution in [0.15, 0.2) is 0 Å². The van der Waals surface area contributed by atoms with E-state index >= 15 is 0 Å². The molecule has 1 fully saturated rings. The van der Waals surface area contributed by atoms with Gasteiger partial charge in [-0.25, -0.2) is 0 Å². The number of carbonyl (C=O) groups excluding carboxylic acids is 1. The van der Waals surface area contributed by atoms with Gasteiger partial charge in [-0.1, -0.05) is 34.1 Å². The van der Waals surface area contributed by atoms with Crippen molar-refractivity contribution in [1.82, 2.24) is 9.80 Å². The summed E-state index contributed by atoms with van der Waals surface area (Å²) in [5.74, 6) is 0.120. The number of amides is 1. The van der Waals surface area contributed by atoms with Crippen molar-refractivity contribution in [2.45, 2.75) is 59.4 Å². The molecule has 0 aromatic carbocycles. The first-order valence-electron chi connectivity index (χ1n) is 7.96. The maximum Gasteiger partial charge on any atom is 0.242 e. The van der Waals surface area contributed by atoms with Crippen LogP contribution in [0.5, 0.6) is 0 Å². The number of halogens is 1. The Morgan fingerprint density at radius 2 is 1.57 bits per heavy atom. The monoisotopic (exact) mass is 319 g/mol. The van der Waals surface area contributed by atoms with Crippen LogP contribution in [0.1, 0.15) is 53.9 Å². The summed E-state index contributed by atoms with van der Waals surface area (Å²) in [5, 5.41) is 0. The third kappa shape index (κ3) is 6.98. The molecule has 5 heteroatoms. The molecule has 1 rings (SSSR count). The van der Waals surface area contributed by atoms with Crippen molar-refractivity contribution in [2.75, 3.05) is 32.7 Å². The number of nitrogens with two attached hydrogens (primary N) is 1. The van der Waals surface area contributed by atoms with E-state index in [2.05, 4.69) is 32.6 Å². The van der Waals surface area contributed by atoms with Gasteiger partial charge in [0, 0.05) is 26.2 Å². The third-order valence-electron chi connectivity index (χ3n) is 4.10. The molecule has 0 aromatic heterocycles. The van der Waals surface area contributed by atoms with E-state index < -0.39 is 5.54 Å². The van der Waals surface area contributed by atoms with Gasteiger partial charge in [0.25, 0.3) is 0 Å². The van der Waals surface area contributed by atoms with Gasteiger partial charge in [0.05, 0.1) is 5.54 Å². The molecule has 1 amide bonds. The molecular weight excluding hydrogens is 286 g/mol. The number of hydrogen-bond donors (Lipinski definition) is 1. The van der Waals surface area contributed by atoms with E-state index in [1.165, 1.54) is 6.42 Å². The lowest BCUT2D eigenvalue weighted by Gasteiger charge is -2.39. The largest absolute Gasteiger partial charge is 0.339 e. The SMILES string of the molecule is CCCC(C)(N)C(=O)N1CCN(CCC(C)(C)C)CC1.Cl. The Morgan fingerprint density at radius 1 is 1.05 bits per heavy atom. The molecule has 0 aliphatic carbocycles. The van der Waals surface area contributed by atoms with E-state index in [4.69, 9.17) is 5.73 Å². The average molecular weight is 320 g/mol. The summed E-state index contributed by atoms with van der Waals surface area (Å²) in [6, 6.07) is 0. The molecule has 1 aliphatic rings. The van der Waals surface area contributed by atoms with Gasteiger partial charge in [-0.3, -0.25) is 9.69 Å². The van der Waals surface area contributed by atoms with E-state index in [1.807, 2.05) is 11.8 Å². The molecule has 2 N–H and O–H groups in total. The highest BCUT2D eigenvalue weighted by Crippen LogP contribution is 2.20. The van der Waals surface area contributed by atoms with Crippen molar-refractivity contribution in [1.29, 1.82) is 0 Å². The molecule has 0 aromatic rings. The maximum atomic E-state index is 12.4. The number of carbonyl (C=O) groups is 1. The lowest BCUT2D eigenvalue weighted by atomic mass is 9.92. The number of hydrogen-bond acceptors (Lipinski definition) is 3. The van der Waals surface area contributed by atoms with Crippen LogP contribution in [-0.2, 0) is 4.79 Å². The van der Waals surface area contributed by atoms with E-state index in [9.17, 15) is 4.79 Å². The molecule has 1 unspecified atom stereocenters. The fourth-order valence-electron chi connectivity index (χ4n) is 2.66. The molecule has 0 radical (unpaired) electrons. The van der Waals surface area contributed by atoms with Crippen molar-refractivity contribution in [3.63, 3.8) is 0 Å². The van der Waals surface area contributed by atoms with Crippen molar-refractivity contribution >= 4 is 18.3 Å². The van der Waals surface area contributed by atoms with Gasteiger partial charge in [0.1, 0.15) is 0 Å². The second kappa shape index (κ2) is 8.35. The minimum absolute atomic E-state index is 0. The predicted molar refractivity (Wildman–Crippen MR) is 91.8 cm³/mol. The maximum absolute atomic E-state index is 12.4. The van der Waals surface area contributed by atoms with Gasteiger partial charge in [-0.15, -0.1) is 12.4 Å². The Balaban J connectivity index is 0.00000400. The number of nitrogens with zero attached hydrogens (tertiary/aromatic N) is 2. The highest BCUT2D eigenvalue weighted by atomic mass is 35.5. The topological polar surface area (TPSA) is 49.6 Å². The Hall–Kier alpha value is -0.320. The summed E-state index contributed by atoms with van der Waals surface area (Å²) >= 11 is 0. The van der Waals surface area contributed by atoms with Crippen molar-refractivity contribution in [3.8, 4) is 0 Å². The first-order valence-corrected chi connectivity index (χ1v) is 7.96. The minimum Gasteiger partial charge on any atom is -0.339 e. The third-order valence-corrected chi connectivity index (χ3v) is 4.10. The standard InChI is InChI=1S/C16H33N3O.ClH/c1-6-7-16(5,17)14(20)19-12-10-18(11-13-19)9-8-15(2,3)4;/h6-13,17H2,1-5H3;1H. The molecule has 1 atom stereocenters. The van der Waals surface area contributed by atoms with Gasteiger partial charge >= 0.3 is 0 Å². The van der Waals surface area contributed by atoms with E-state index in [0.717, 1.165) is 45.6 Å². The first kappa shape index (κ1) is 20.7. The molecular formula is C16H34ClN3O. The molecule has 1 aliphatic heterocycles. The fraction of sp³-hybridized carbons (Fsp3) is 0.938. The summed E-state index contributed by atoms with van der Waals surface area (Å²) < 4.78 is 0. The van der Waals surface area contributed by atoms with E-state index in [0.29, 0.717) is 5.41 Å². The first-order chi connectivity index (χ1) is 9.15. The zero-order valence-electron chi connectivity index (χ0n) is 14.4. The van der Waals surface area contributed by atoms with E-state index in [1.54, 1.807) is 0 Å². The van der Waals surface area contributed by atoms with Crippen LogP contribution < -0.4 is 5.73 Å². The van der Waals surface area contributed by atoms with Crippen LogP contribution in [0.25, 0.3) is 0 Å². The van der Waals surface area contributed by atoms with Crippen LogP contribution in [-0.4, -0.2) is 54.0 Å². The van der Waals surface area contributed by atoms with Crippen LogP contribution in [0.3, 0.4) is 0 Å². The summed E-state index contributed by atoms with van der Waals surface area (Å²) in [7, 11) is 0. The summed E-state index contributed by atoms with van der Waals surface area (Å²) in [6.45, 7) is 15.5. The second-order valence-corrected chi connectivity index (χ2v) is 7.61. The van der Waals surface area contributed by atoms with E-state index in [-0.39, 0.29) is 18.3 Å². The zero-order chi connectivity index (χ0) is 15.4. The van der Waals surface area contributed by atoms with Gasteiger partial charge in [0.2, 0.25) is 5.91 Å². The van der Waals surface area contributed by atoms with Crippen LogP contribution >= 0.6 is 12.4 Å². The smallest absolute Gasteiger partial charge is 0.242 e. The molecule has 0 saturated carbocycles. The predicted octanol–water partition coefficient (Wildman–Crippen LogP) is 2.51. The number of piperazine rings is 1. The van der Waals surface area contributed by atoms with Gasteiger partial charge in [-0.05, 0) is 31.7 Å². The zero-order valence-corrected chi connectivity index (χ0v) is 15.3. The van der Waals surface area contributed by atoms with Gasteiger partial charge in [0.15, 0.2) is 0 Å². The molecule has 1 heterocycles. The summed E-state index contributed by atoms with van der Waals surface area (Å²) in [5.41, 5.74) is 5.83. The Morgan fingerprint density at radius 3 is 2.00 bits per heavy atom. The Kier molecular flexibility index (Phi) is 8.22. The van der Waals surface area contributed by atoms with Crippen molar-refractivity contribution in [2.24, 2.45) is 11.1 Å². The minimum atomic E-state index is -0.692. The molecule has 0 bridgehead atoms. The molecule has 4 nitrogen and oxygen atoms in total. The summed E-state index contributed by atoms with van der Waals surface area (Å²) in [6.07, 6.45) is 2.91. The average Bonchev–Trinajstić information content (AvgIpc) is 2.35. The second-order valence-electron chi connectivity index (χ2n) is 7.61.